The zero-order valence-corrected chi connectivity index (χ0v) is 14.1. The molecule has 0 spiro atoms. The van der Waals surface area contributed by atoms with Gasteiger partial charge in [0.05, 0.1) is 10.7 Å². The summed E-state index contributed by atoms with van der Waals surface area (Å²) in [5.74, 6) is 0.0747. The second-order valence-corrected chi connectivity index (χ2v) is 6.38. The lowest BCUT2D eigenvalue weighted by Crippen LogP contribution is -2.46. The van der Waals surface area contributed by atoms with Gasteiger partial charge in [0.1, 0.15) is 0 Å². The molecule has 1 aliphatic rings. The third-order valence-corrected chi connectivity index (χ3v) is 4.63. The first-order valence-corrected chi connectivity index (χ1v) is 8.33. The Kier molecular flexibility index (Phi) is 4.99. The Labute approximate surface area is 142 Å². The van der Waals surface area contributed by atoms with Crippen molar-refractivity contribution in [2.45, 2.75) is 13.5 Å². The fourth-order valence-corrected chi connectivity index (χ4v) is 3.20. The number of halogens is 1. The van der Waals surface area contributed by atoms with Crippen molar-refractivity contribution in [1.82, 2.24) is 4.90 Å². The molecule has 1 aliphatic heterocycles. The summed E-state index contributed by atoms with van der Waals surface area (Å²) in [7, 11) is 0. The summed E-state index contributed by atoms with van der Waals surface area (Å²) < 4.78 is 0. The molecule has 0 atom stereocenters. The van der Waals surface area contributed by atoms with Gasteiger partial charge in [-0.2, -0.15) is 0 Å². The summed E-state index contributed by atoms with van der Waals surface area (Å²) in [6, 6.07) is 16.1. The Morgan fingerprint density at radius 1 is 1.04 bits per heavy atom. The van der Waals surface area contributed by atoms with Crippen LogP contribution in [0.5, 0.6) is 0 Å². The molecular formula is C19H21ClN2O. The first-order chi connectivity index (χ1) is 11.1. The third kappa shape index (κ3) is 3.92. The van der Waals surface area contributed by atoms with Gasteiger partial charge in [-0.1, -0.05) is 41.9 Å². The minimum atomic E-state index is 0.0747. The molecule has 1 heterocycles. The number of anilines is 1. The lowest BCUT2D eigenvalue weighted by Gasteiger charge is -2.36. The van der Waals surface area contributed by atoms with E-state index >= 15 is 0 Å². The SMILES string of the molecule is CC(=O)c1ccc(Cl)c(N2CCN(Cc3ccccc3)CC2)c1. The molecule has 2 aromatic carbocycles. The molecule has 120 valence electrons. The molecule has 3 nitrogen and oxygen atoms in total. The van der Waals surface area contributed by atoms with Gasteiger partial charge in [-0.05, 0) is 30.7 Å². The highest BCUT2D eigenvalue weighted by molar-refractivity contribution is 6.33. The van der Waals surface area contributed by atoms with Crippen LogP contribution in [0.1, 0.15) is 22.8 Å². The maximum atomic E-state index is 11.6. The van der Waals surface area contributed by atoms with Crippen LogP contribution in [-0.4, -0.2) is 36.9 Å². The van der Waals surface area contributed by atoms with Crippen LogP contribution in [0.3, 0.4) is 0 Å². The van der Waals surface area contributed by atoms with Crippen molar-refractivity contribution in [3.05, 3.63) is 64.7 Å². The highest BCUT2D eigenvalue weighted by Gasteiger charge is 2.19. The van der Waals surface area contributed by atoms with Crippen LogP contribution in [0.15, 0.2) is 48.5 Å². The number of hydrogen-bond acceptors (Lipinski definition) is 3. The van der Waals surface area contributed by atoms with E-state index in [0.29, 0.717) is 5.02 Å². The van der Waals surface area contributed by atoms with Crippen LogP contribution in [-0.2, 0) is 6.54 Å². The molecule has 1 saturated heterocycles. The van der Waals surface area contributed by atoms with Gasteiger partial charge in [0.2, 0.25) is 0 Å². The van der Waals surface area contributed by atoms with Crippen molar-refractivity contribution >= 4 is 23.1 Å². The summed E-state index contributed by atoms with van der Waals surface area (Å²) in [5.41, 5.74) is 3.03. The van der Waals surface area contributed by atoms with Crippen molar-refractivity contribution in [2.75, 3.05) is 31.1 Å². The molecule has 0 aliphatic carbocycles. The molecule has 2 aromatic rings. The molecular weight excluding hydrogens is 308 g/mol. The quantitative estimate of drug-likeness (QED) is 0.796. The summed E-state index contributed by atoms with van der Waals surface area (Å²) in [5, 5.41) is 0.714. The van der Waals surface area contributed by atoms with Gasteiger partial charge in [0.25, 0.3) is 0 Å². The molecule has 0 N–H and O–H groups in total. The monoisotopic (exact) mass is 328 g/mol. The highest BCUT2D eigenvalue weighted by atomic mass is 35.5. The first kappa shape index (κ1) is 16.0. The summed E-state index contributed by atoms with van der Waals surface area (Å²) in [6.45, 7) is 6.41. The zero-order valence-electron chi connectivity index (χ0n) is 13.3. The largest absolute Gasteiger partial charge is 0.368 e. The Morgan fingerprint density at radius 2 is 1.74 bits per heavy atom. The molecule has 0 aromatic heterocycles. The fraction of sp³-hybridized carbons (Fsp3) is 0.316. The standard InChI is InChI=1S/C19H21ClN2O/c1-15(23)17-7-8-18(20)19(13-17)22-11-9-21(10-12-22)14-16-5-3-2-4-6-16/h2-8,13H,9-12,14H2,1H3. The van der Waals surface area contributed by atoms with E-state index < -0.39 is 0 Å². The van der Waals surface area contributed by atoms with Crippen LogP contribution in [0, 0.1) is 0 Å². The molecule has 1 fully saturated rings. The number of nitrogens with zero attached hydrogens (tertiary/aromatic N) is 2. The van der Waals surface area contributed by atoms with Gasteiger partial charge in [-0.25, -0.2) is 0 Å². The number of rotatable bonds is 4. The average molecular weight is 329 g/mol. The predicted molar refractivity (Wildman–Crippen MR) is 95.4 cm³/mol. The van der Waals surface area contributed by atoms with E-state index in [1.165, 1.54) is 5.56 Å². The molecule has 0 unspecified atom stereocenters. The minimum Gasteiger partial charge on any atom is -0.368 e. The fourth-order valence-electron chi connectivity index (χ4n) is 2.96. The van der Waals surface area contributed by atoms with E-state index in [1.54, 1.807) is 13.0 Å². The van der Waals surface area contributed by atoms with Gasteiger partial charge >= 0.3 is 0 Å². The van der Waals surface area contributed by atoms with Crippen LogP contribution >= 0.6 is 11.6 Å². The Morgan fingerprint density at radius 3 is 2.39 bits per heavy atom. The second kappa shape index (κ2) is 7.16. The second-order valence-electron chi connectivity index (χ2n) is 5.97. The predicted octanol–water partition coefficient (Wildman–Crippen LogP) is 3.86. The van der Waals surface area contributed by atoms with Gasteiger partial charge < -0.3 is 4.90 Å². The van der Waals surface area contributed by atoms with E-state index in [2.05, 4.69) is 34.1 Å². The van der Waals surface area contributed by atoms with E-state index in [1.807, 2.05) is 18.2 Å². The average Bonchev–Trinajstić information content (AvgIpc) is 2.57. The summed E-state index contributed by atoms with van der Waals surface area (Å²) >= 11 is 6.33. The van der Waals surface area contributed by atoms with Gasteiger partial charge in [-0.15, -0.1) is 0 Å². The first-order valence-electron chi connectivity index (χ1n) is 7.95. The van der Waals surface area contributed by atoms with E-state index in [0.717, 1.165) is 44.0 Å². The van der Waals surface area contributed by atoms with Crippen LogP contribution in [0.4, 0.5) is 5.69 Å². The maximum absolute atomic E-state index is 11.6. The Bertz CT molecular complexity index is 679. The molecule has 4 heteroatoms. The van der Waals surface area contributed by atoms with Crippen molar-refractivity contribution in [3.63, 3.8) is 0 Å². The number of Topliss-reactive ketones (excluding diaryl/α,β-unsaturated/α-hetero) is 1. The van der Waals surface area contributed by atoms with E-state index in [4.69, 9.17) is 11.6 Å². The lowest BCUT2D eigenvalue weighted by molar-refractivity contribution is 0.101. The van der Waals surface area contributed by atoms with Gasteiger partial charge in [0.15, 0.2) is 5.78 Å². The number of carbonyl (C=O) groups is 1. The van der Waals surface area contributed by atoms with E-state index in [-0.39, 0.29) is 5.78 Å². The van der Waals surface area contributed by atoms with Crippen LogP contribution in [0.25, 0.3) is 0 Å². The molecule has 3 rings (SSSR count). The minimum absolute atomic E-state index is 0.0747. The van der Waals surface area contributed by atoms with Crippen LogP contribution < -0.4 is 4.90 Å². The highest BCUT2D eigenvalue weighted by Crippen LogP contribution is 2.28. The Hall–Kier alpha value is -1.84. The van der Waals surface area contributed by atoms with Crippen molar-refractivity contribution in [3.8, 4) is 0 Å². The third-order valence-electron chi connectivity index (χ3n) is 4.31. The smallest absolute Gasteiger partial charge is 0.159 e. The molecule has 0 radical (unpaired) electrons. The van der Waals surface area contributed by atoms with Crippen molar-refractivity contribution < 1.29 is 4.79 Å². The molecule has 0 amide bonds. The summed E-state index contributed by atoms with van der Waals surface area (Å²) in [4.78, 5) is 16.3. The number of carbonyl (C=O) groups excluding carboxylic acids is 1. The Balaban J connectivity index is 1.65. The molecule has 0 saturated carbocycles. The normalized spacial score (nSPS) is 15.7. The maximum Gasteiger partial charge on any atom is 0.159 e. The van der Waals surface area contributed by atoms with Crippen molar-refractivity contribution in [2.24, 2.45) is 0 Å². The number of piperazine rings is 1. The number of benzene rings is 2. The number of ketones is 1. The zero-order chi connectivity index (χ0) is 16.2. The number of hydrogen-bond donors (Lipinski definition) is 0. The van der Waals surface area contributed by atoms with Crippen molar-refractivity contribution in [1.29, 1.82) is 0 Å². The molecule has 0 bridgehead atoms. The molecule has 23 heavy (non-hydrogen) atoms. The lowest BCUT2D eigenvalue weighted by atomic mass is 10.1. The summed E-state index contributed by atoms with van der Waals surface area (Å²) in [6.07, 6.45) is 0. The van der Waals surface area contributed by atoms with Gasteiger partial charge in [0, 0.05) is 38.3 Å². The topological polar surface area (TPSA) is 23.6 Å². The van der Waals surface area contributed by atoms with E-state index in [9.17, 15) is 4.79 Å². The van der Waals surface area contributed by atoms with Crippen LogP contribution in [0.2, 0.25) is 5.02 Å². The van der Waals surface area contributed by atoms with Gasteiger partial charge in [-0.3, -0.25) is 9.69 Å².